The molecule has 0 fully saturated rings. The molecular formula is C9H10N2. The smallest absolute Gasteiger partial charge is 0.0850 e. The molecule has 1 aromatic rings. The standard InChI is InChI=1S/C9H10N2/c1-6-3-10-5-8-9(6)7(2)4-11-8/h3-5,7H,1-2H3. The fourth-order valence-electron chi connectivity index (χ4n) is 1.52. The van der Waals surface area contributed by atoms with E-state index in [4.69, 9.17) is 0 Å². The minimum Gasteiger partial charge on any atom is -0.262 e. The Bertz CT molecular complexity index is 315. The van der Waals surface area contributed by atoms with E-state index in [2.05, 4.69) is 23.8 Å². The van der Waals surface area contributed by atoms with Crippen LogP contribution in [-0.2, 0) is 0 Å². The van der Waals surface area contributed by atoms with Crippen LogP contribution in [0.15, 0.2) is 17.4 Å². The molecule has 0 amide bonds. The molecule has 1 unspecified atom stereocenters. The zero-order valence-electron chi connectivity index (χ0n) is 6.70. The van der Waals surface area contributed by atoms with Gasteiger partial charge >= 0.3 is 0 Å². The van der Waals surface area contributed by atoms with Gasteiger partial charge in [-0.3, -0.25) is 9.98 Å². The third-order valence-electron chi connectivity index (χ3n) is 2.06. The molecule has 1 aliphatic heterocycles. The highest BCUT2D eigenvalue weighted by molar-refractivity contribution is 5.80. The first-order chi connectivity index (χ1) is 5.29. The van der Waals surface area contributed by atoms with Gasteiger partial charge in [-0.1, -0.05) is 6.92 Å². The summed E-state index contributed by atoms with van der Waals surface area (Å²) in [6, 6.07) is 0. The van der Waals surface area contributed by atoms with Gasteiger partial charge in [0.2, 0.25) is 0 Å². The van der Waals surface area contributed by atoms with Crippen molar-refractivity contribution in [3.8, 4) is 0 Å². The quantitative estimate of drug-likeness (QED) is 0.551. The van der Waals surface area contributed by atoms with Gasteiger partial charge in [-0.15, -0.1) is 0 Å². The first kappa shape index (κ1) is 6.53. The zero-order valence-corrected chi connectivity index (χ0v) is 6.70. The van der Waals surface area contributed by atoms with Crippen LogP contribution < -0.4 is 0 Å². The summed E-state index contributed by atoms with van der Waals surface area (Å²) in [6.45, 7) is 4.24. The van der Waals surface area contributed by atoms with Crippen LogP contribution >= 0.6 is 0 Å². The van der Waals surface area contributed by atoms with E-state index in [0.29, 0.717) is 5.92 Å². The lowest BCUT2D eigenvalue weighted by molar-refractivity contribution is 1.04. The number of pyridine rings is 1. The van der Waals surface area contributed by atoms with E-state index in [9.17, 15) is 0 Å². The predicted molar refractivity (Wildman–Crippen MR) is 45.5 cm³/mol. The second-order valence-corrected chi connectivity index (χ2v) is 2.96. The number of hydrogen-bond acceptors (Lipinski definition) is 2. The maximum atomic E-state index is 4.25. The molecule has 0 bridgehead atoms. The van der Waals surface area contributed by atoms with Crippen LogP contribution in [0, 0.1) is 6.92 Å². The summed E-state index contributed by atoms with van der Waals surface area (Å²) < 4.78 is 0. The first-order valence-electron chi connectivity index (χ1n) is 3.77. The average Bonchev–Trinajstić information content (AvgIpc) is 2.34. The van der Waals surface area contributed by atoms with Crippen molar-refractivity contribution < 1.29 is 0 Å². The van der Waals surface area contributed by atoms with Gasteiger partial charge in [-0.2, -0.15) is 0 Å². The second kappa shape index (κ2) is 2.16. The second-order valence-electron chi connectivity index (χ2n) is 2.96. The monoisotopic (exact) mass is 146 g/mol. The third kappa shape index (κ3) is 0.862. The summed E-state index contributed by atoms with van der Waals surface area (Å²) in [5, 5.41) is 0. The minimum absolute atomic E-state index is 0.466. The van der Waals surface area contributed by atoms with Gasteiger partial charge in [0.05, 0.1) is 11.9 Å². The highest BCUT2D eigenvalue weighted by atomic mass is 14.8. The molecule has 2 nitrogen and oxygen atoms in total. The number of fused-ring (bicyclic) bond motifs is 1. The van der Waals surface area contributed by atoms with Gasteiger partial charge in [0.25, 0.3) is 0 Å². The largest absolute Gasteiger partial charge is 0.262 e. The predicted octanol–water partition coefficient (Wildman–Crippen LogP) is 2.21. The number of aryl methyl sites for hydroxylation is 1. The van der Waals surface area contributed by atoms with Gasteiger partial charge in [-0.05, 0) is 18.1 Å². The maximum Gasteiger partial charge on any atom is 0.0850 e. The summed E-state index contributed by atoms with van der Waals surface area (Å²) in [5.41, 5.74) is 3.62. The normalized spacial score (nSPS) is 20.4. The van der Waals surface area contributed by atoms with Crippen molar-refractivity contribution in [2.45, 2.75) is 19.8 Å². The summed E-state index contributed by atoms with van der Waals surface area (Å²) in [4.78, 5) is 8.33. The van der Waals surface area contributed by atoms with Crippen molar-refractivity contribution in [3.05, 3.63) is 23.5 Å². The fourth-order valence-corrected chi connectivity index (χ4v) is 1.52. The molecule has 2 heterocycles. The van der Waals surface area contributed by atoms with Crippen molar-refractivity contribution in [1.82, 2.24) is 4.98 Å². The van der Waals surface area contributed by atoms with Crippen LogP contribution in [0.2, 0.25) is 0 Å². The van der Waals surface area contributed by atoms with Crippen LogP contribution in [0.1, 0.15) is 24.0 Å². The van der Waals surface area contributed by atoms with Crippen molar-refractivity contribution in [1.29, 1.82) is 0 Å². The number of aromatic nitrogens is 1. The highest BCUT2D eigenvalue weighted by Crippen LogP contribution is 2.32. The van der Waals surface area contributed by atoms with E-state index in [0.717, 1.165) is 5.69 Å². The molecule has 0 aromatic carbocycles. The summed E-state index contributed by atoms with van der Waals surface area (Å²) >= 11 is 0. The van der Waals surface area contributed by atoms with Gasteiger partial charge in [-0.25, -0.2) is 0 Å². The molecule has 2 heteroatoms. The molecule has 0 N–H and O–H groups in total. The molecule has 11 heavy (non-hydrogen) atoms. The number of rotatable bonds is 0. The van der Waals surface area contributed by atoms with Gasteiger partial charge in [0.1, 0.15) is 0 Å². The van der Waals surface area contributed by atoms with E-state index in [-0.39, 0.29) is 0 Å². The molecule has 2 rings (SSSR count). The molecule has 1 aliphatic rings. The number of nitrogens with zero attached hydrogens (tertiary/aromatic N) is 2. The molecule has 0 saturated heterocycles. The van der Waals surface area contributed by atoms with Crippen LogP contribution in [0.3, 0.4) is 0 Å². The van der Waals surface area contributed by atoms with Crippen LogP contribution in [0.4, 0.5) is 5.69 Å². The number of hydrogen-bond donors (Lipinski definition) is 0. The topological polar surface area (TPSA) is 25.2 Å². The molecule has 1 atom stereocenters. The van der Waals surface area contributed by atoms with Crippen molar-refractivity contribution in [3.63, 3.8) is 0 Å². The molecule has 1 aromatic heterocycles. The Hall–Kier alpha value is -1.18. The molecular weight excluding hydrogens is 136 g/mol. The van der Waals surface area contributed by atoms with Crippen molar-refractivity contribution in [2.75, 3.05) is 0 Å². The Balaban J connectivity index is 2.65. The zero-order chi connectivity index (χ0) is 7.84. The van der Waals surface area contributed by atoms with E-state index >= 15 is 0 Å². The molecule has 56 valence electrons. The van der Waals surface area contributed by atoms with Crippen molar-refractivity contribution in [2.24, 2.45) is 4.99 Å². The molecule has 0 aliphatic carbocycles. The van der Waals surface area contributed by atoms with Gasteiger partial charge < -0.3 is 0 Å². The summed E-state index contributed by atoms with van der Waals surface area (Å²) in [6.07, 6.45) is 5.69. The Morgan fingerprint density at radius 2 is 2.18 bits per heavy atom. The Labute approximate surface area is 66.0 Å². The van der Waals surface area contributed by atoms with Gasteiger partial charge in [0.15, 0.2) is 0 Å². The SMILES string of the molecule is Cc1cncc2c1C(C)C=N2. The van der Waals surface area contributed by atoms with Crippen LogP contribution in [0.25, 0.3) is 0 Å². The van der Waals surface area contributed by atoms with E-state index in [1.165, 1.54) is 11.1 Å². The van der Waals surface area contributed by atoms with Crippen LogP contribution in [0.5, 0.6) is 0 Å². The van der Waals surface area contributed by atoms with E-state index in [1.54, 1.807) is 0 Å². The van der Waals surface area contributed by atoms with Crippen molar-refractivity contribution >= 4 is 11.9 Å². The molecule has 0 radical (unpaired) electrons. The Kier molecular flexibility index (Phi) is 1.28. The van der Waals surface area contributed by atoms with Gasteiger partial charge in [0, 0.05) is 18.3 Å². The lowest BCUT2D eigenvalue weighted by atomic mass is 10.0. The third-order valence-corrected chi connectivity index (χ3v) is 2.06. The fraction of sp³-hybridized carbons (Fsp3) is 0.333. The van der Waals surface area contributed by atoms with Crippen LogP contribution in [-0.4, -0.2) is 11.2 Å². The van der Waals surface area contributed by atoms with E-state index < -0.39 is 0 Å². The first-order valence-corrected chi connectivity index (χ1v) is 3.77. The Morgan fingerprint density at radius 3 is 2.91 bits per heavy atom. The summed E-state index contributed by atoms with van der Waals surface area (Å²) in [7, 11) is 0. The lowest BCUT2D eigenvalue weighted by Gasteiger charge is -2.04. The lowest BCUT2D eigenvalue weighted by Crippen LogP contribution is -1.92. The molecule has 0 spiro atoms. The maximum absolute atomic E-state index is 4.25. The number of aliphatic imine (C=N–C) groups is 1. The average molecular weight is 146 g/mol. The summed E-state index contributed by atoms with van der Waals surface area (Å²) in [5.74, 6) is 0.466. The molecule has 0 saturated carbocycles. The highest BCUT2D eigenvalue weighted by Gasteiger charge is 2.16. The minimum atomic E-state index is 0.466. The van der Waals surface area contributed by atoms with E-state index in [1.807, 2.05) is 18.6 Å². The Morgan fingerprint density at radius 1 is 1.36 bits per heavy atom.